The van der Waals surface area contributed by atoms with Gasteiger partial charge in [0.2, 0.25) is 11.7 Å². The highest BCUT2D eigenvalue weighted by Gasteiger charge is 2.16. The molecule has 0 amide bonds. The summed E-state index contributed by atoms with van der Waals surface area (Å²) in [4.78, 5) is 24.2. The molecule has 88 valence electrons. The largest absolute Gasteiger partial charge is 0.492 e. The number of halogens is 2. The van der Waals surface area contributed by atoms with Gasteiger partial charge in [-0.25, -0.2) is 9.36 Å². The third-order valence-electron chi connectivity index (χ3n) is 2.12. The molecule has 0 aliphatic heterocycles. The first kappa shape index (κ1) is 11.6. The summed E-state index contributed by atoms with van der Waals surface area (Å²) in [6.45, 7) is 0. The van der Waals surface area contributed by atoms with Crippen molar-refractivity contribution in [2.24, 2.45) is 0 Å². The molecule has 0 spiro atoms. The predicted octanol–water partition coefficient (Wildman–Crippen LogP) is 1.13. The Morgan fingerprint density at radius 1 is 1.29 bits per heavy atom. The smallest absolute Gasteiger partial charge is 0.335 e. The summed E-state index contributed by atoms with van der Waals surface area (Å²) in [7, 11) is 0. The van der Waals surface area contributed by atoms with Crippen LogP contribution in [0.3, 0.4) is 0 Å². The van der Waals surface area contributed by atoms with Crippen molar-refractivity contribution < 1.29 is 9.50 Å². The van der Waals surface area contributed by atoms with Crippen molar-refractivity contribution in [3.05, 3.63) is 55.4 Å². The third kappa shape index (κ3) is 1.89. The minimum Gasteiger partial charge on any atom is -0.492 e. The summed E-state index contributed by atoms with van der Waals surface area (Å²) in [5.41, 5.74) is -1.94. The highest BCUT2D eigenvalue weighted by molar-refractivity contribution is 9.10. The van der Waals surface area contributed by atoms with E-state index in [1.165, 1.54) is 6.07 Å². The number of aromatic hydroxyl groups is 1. The monoisotopic (exact) mass is 300 g/mol. The maximum Gasteiger partial charge on any atom is 0.335 e. The lowest BCUT2D eigenvalue weighted by Crippen LogP contribution is -2.31. The Bertz CT molecular complexity index is 693. The molecule has 0 aliphatic carbocycles. The van der Waals surface area contributed by atoms with Gasteiger partial charge in [0.25, 0.3) is 5.56 Å². The predicted molar refractivity (Wildman–Crippen MR) is 62.0 cm³/mol. The molecule has 5 nitrogen and oxygen atoms in total. The molecule has 1 heterocycles. The summed E-state index contributed by atoms with van der Waals surface area (Å²) in [6.07, 6.45) is 0. The second-order valence-corrected chi connectivity index (χ2v) is 4.04. The topological polar surface area (TPSA) is 75.1 Å². The van der Waals surface area contributed by atoms with E-state index >= 15 is 0 Å². The summed E-state index contributed by atoms with van der Waals surface area (Å²) in [5.74, 6) is -2.42. The molecule has 0 fully saturated rings. The van der Waals surface area contributed by atoms with Crippen LogP contribution < -0.4 is 11.2 Å². The average molecular weight is 301 g/mol. The van der Waals surface area contributed by atoms with Crippen molar-refractivity contribution in [1.29, 1.82) is 0 Å². The van der Waals surface area contributed by atoms with Crippen LogP contribution in [0.2, 0.25) is 0 Å². The summed E-state index contributed by atoms with van der Waals surface area (Å²) in [6, 6.07) is 6.40. The highest BCUT2D eigenvalue weighted by atomic mass is 79.9. The lowest BCUT2D eigenvalue weighted by molar-refractivity contribution is 0.386. The summed E-state index contributed by atoms with van der Waals surface area (Å²) in [5, 5.41) is 9.48. The van der Waals surface area contributed by atoms with Crippen LogP contribution in [0.5, 0.6) is 5.88 Å². The maximum atomic E-state index is 13.2. The number of hydrogen-bond donors (Lipinski definition) is 2. The molecule has 1 aromatic heterocycles. The van der Waals surface area contributed by atoms with Crippen LogP contribution in [0.15, 0.2) is 38.3 Å². The molecule has 1 aromatic carbocycles. The van der Waals surface area contributed by atoms with Crippen molar-refractivity contribution in [3.8, 4) is 11.6 Å². The molecule has 2 aromatic rings. The quantitative estimate of drug-likeness (QED) is 0.829. The second-order valence-electron chi connectivity index (χ2n) is 3.18. The van der Waals surface area contributed by atoms with Gasteiger partial charge in [0.1, 0.15) is 0 Å². The van der Waals surface area contributed by atoms with E-state index in [-0.39, 0.29) is 5.69 Å². The standard InChI is InChI=1S/C10H6BrFN2O3/c11-5-3-1-2-4-6(5)14-9(16)7(12)8(15)13-10(14)17/h1-4,16H,(H,13,15,17). The van der Waals surface area contributed by atoms with E-state index in [9.17, 15) is 19.1 Å². The average Bonchev–Trinajstić information content (AvgIpc) is 2.29. The Hall–Kier alpha value is -1.89. The first-order valence-electron chi connectivity index (χ1n) is 4.51. The van der Waals surface area contributed by atoms with Crippen molar-refractivity contribution >= 4 is 15.9 Å². The van der Waals surface area contributed by atoms with Crippen molar-refractivity contribution in [2.45, 2.75) is 0 Å². The molecule has 7 heteroatoms. The zero-order valence-corrected chi connectivity index (χ0v) is 9.86. The van der Waals surface area contributed by atoms with Crippen LogP contribution in [0.1, 0.15) is 0 Å². The van der Waals surface area contributed by atoms with E-state index in [0.717, 1.165) is 0 Å². The molecule has 0 aliphatic rings. The summed E-state index contributed by atoms with van der Waals surface area (Å²) < 4.78 is 14.4. The minimum absolute atomic E-state index is 0.227. The van der Waals surface area contributed by atoms with Gasteiger partial charge in [0, 0.05) is 4.47 Å². The molecular weight excluding hydrogens is 295 g/mol. The molecule has 0 saturated carbocycles. The molecule has 2 N–H and O–H groups in total. The first-order valence-corrected chi connectivity index (χ1v) is 5.30. The van der Waals surface area contributed by atoms with Crippen LogP contribution in [-0.4, -0.2) is 14.7 Å². The van der Waals surface area contributed by atoms with Crippen LogP contribution in [0, 0.1) is 5.82 Å². The van der Waals surface area contributed by atoms with E-state index in [2.05, 4.69) is 15.9 Å². The second kappa shape index (κ2) is 4.17. The van der Waals surface area contributed by atoms with Gasteiger partial charge in [0.15, 0.2) is 0 Å². The van der Waals surface area contributed by atoms with Crippen molar-refractivity contribution in [3.63, 3.8) is 0 Å². The number of H-pyrrole nitrogens is 1. The molecule has 0 bridgehead atoms. The molecule has 0 saturated heterocycles. The fourth-order valence-corrected chi connectivity index (χ4v) is 1.82. The van der Waals surface area contributed by atoms with Crippen molar-refractivity contribution in [2.75, 3.05) is 0 Å². The van der Waals surface area contributed by atoms with Gasteiger partial charge in [-0.3, -0.25) is 9.78 Å². The number of benzene rings is 1. The number of rotatable bonds is 1. The molecule has 2 rings (SSSR count). The van der Waals surface area contributed by atoms with E-state index in [1.807, 2.05) is 0 Å². The van der Waals surface area contributed by atoms with Gasteiger partial charge in [-0.2, -0.15) is 4.39 Å². The van der Waals surface area contributed by atoms with Gasteiger partial charge >= 0.3 is 5.69 Å². The Balaban J connectivity index is 2.87. The lowest BCUT2D eigenvalue weighted by Gasteiger charge is -2.09. The van der Waals surface area contributed by atoms with E-state index < -0.39 is 22.9 Å². The Kier molecular flexibility index (Phi) is 2.84. The first-order chi connectivity index (χ1) is 8.02. The number of para-hydroxylation sites is 1. The number of nitrogens with zero attached hydrogens (tertiary/aromatic N) is 1. The van der Waals surface area contributed by atoms with Crippen molar-refractivity contribution in [1.82, 2.24) is 9.55 Å². The van der Waals surface area contributed by atoms with Crippen LogP contribution in [-0.2, 0) is 0 Å². The normalized spacial score (nSPS) is 10.5. The third-order valence-corrected chi connectivity index (χ3v) is 2.79. The highest BCUT2D eigenvalue weighted by Crippen LogP contribution is 2.22. The zero-order valence-electron chi connectivity index (χ0n) is 8.28. The van der Waals surface area contributed by atoms with Gasteiger partial charge in [-0.05, 0) is 28.1 Å². The minimum atomic E-state index is -1.40. The molecule has 0 unspecified atom stereocenters. The van der Waals surface area contributed by atoms with Gasteiger partial charge < -0.3 is 5.11 Å². The van der Waals surface area contributed by atoms with Crippen LogP contribution >= 0.6 is 15.9 Å². The van der Waals surface area contributed by atoms with Crippen LogP contribution in [0.4, 0.5) is 4.39 Å². The number of aromatic nitrogens is 2. The number of nitrogens with one attached hydrogen (secondary N) is 1. The number of aromatic amines is 1. The van der Waals surface area contributed by atoms with E-state index in [1.54, 1.807) is 23.2 Å². The van der Waals surface area contributed by atoms with E-state index in [0.29, 0.717) is 9.04 Å². The lowest BCUT2D eigenvalue weighted by atomic mass is 10.3. The summed E-state index contributed by atoms with van der Waals surface area (Å²) >= 11 is 3.16. The van der Waals surface area contributed by atoms with E-state index in [4.69, 9.17) is 0 Å². The molecular formula is C10H6BrFN2O3. The number of hydrogen-bond acceptors (Lipinski definition) is 3. The SMILES string of the molecule is O=c1[nH]c(=O)n(-c2ccccc2Br)c(O)c1F. The Morgan fingerprint density at radius 2 is 1.94 bits per heavy atom. The van der Waals surface area contributed by atoms with Gasteiger partial charge in [0.05, 0.1) is 5.69 Å². The Morgan fingerprint density at radius 3 is 2.59 bits per heavy atom. The fourth-order valence-electron chi connectivity index (χ4n) is 1.36. The van der Waals surface area contributed by atoms with Crippen LogP contribution in [0.25, 0.3) is 5.69 Å². The molecule has 17 heavy (non-hydrogen) atoms. The maximum absolute atomic E-state index is 13.2. The van der Waals surface area contributed by atoms with Gasteiger partial charge in [-0.15, -0.1) is 0 Å². The fraction of sp³-hybridized carbons (Fsp3) is 0. The molecule has 0 radical (unpaired) electrons. The van der Waals surface area contributed by atoms with Gasteiger partial charge in [-0.1, -0.05) is 12.1 Å². The Labute approximate surface area is 102 Å². The molecule has 0 atom stereocenters. The zero-order chi connectivity index (χ0) is 12.6.